The highest BCUT2D eigenvalue weighted by Gasteiger charge is 2.05. The molecule has 0 radical (unpaired) electrons. The zero-order valence-electron chi connectivity index (χ0n) is 8.71. The second-order valence-electron chi connectivity index (χ2n) is 3.53. The third kappa shape index (κ3) is 2.78. The smallest absolute Gasteiger partial charge is 0.274 e. The Kier molecular flexibility index (Phi) is 3.36. The Bertz CT molecular complexity index is 610. The van der Waals surface area contributed by atoms with Crippen LogP contribution in [0.1, 0.15) is 11.4 Å². The maximum Gasteiger partial charge on any atom is 0.274 e. The molecule has 88 valence electrons. The van der Waals surface area contributed by atoms with Crippen LogP contribution in [0.5, 0.6) is 0 Å². The average molecular weight is 270 g/mol. The van der Waals surface area contributed by atoms with Crippen molar-refractivity contribution in [3.8, 4) is 0 Å². The van der Waals surface area contributed by atoms with Crippen LogP contribution in [0.25, 0.3) is 0 Å². The van der Waals surface area contributed by atoms with Crippen molar-refractivity contribution in [1.29, 1.82) is 0 Å². The molecule has 0 aliphatic heterocycles. The number of nitrogens with zero attached hydrogens (tertiary/aromatic N) is 1. The molecule has 0 spiro atoms. The average Bonchev–Trinajstić information content (AvgIpc) is 2.27. The molecule has 2 aromatic rings. The first-order valence-electron chi connectivity index (χ1n) is 4.84. The normalized spacial score (nSPS) is 10.5. The lowest BCUT2D eigenvalue weighted by atomic mass is 10.1. The summed E-state index contributed by atoms with van der Waals surface area (Å²) in [5.74, 6) is 0.508. The monoisotopic (exact) mass is 269 g/mol. The number of hydrogen-bond donors (Lipinski definition) is 2. The van der Waals surface area contributed by atoms with Crippen LogP contribution in [0.3, 0.4) is 0 Å². The molecule has 17 heavy (non-hydrogen) atoms. The number of anilines is 1. The number of nitrogens with two attached hydrogens (primary N) is 1. The van der Waals surface area contributed by atoms with Gasteiger partial charge in [-0.1, -0.05) is 29.3 Å². The van der Waals surface area contributed by atoms with Crippen LogP contribution in [0.15, 0.2) is 29.2 Å². The van der Waals surface area contributed by atoms with Gasteiger partial charge in [-0.15, -0.1) is 0 Å². The number of benzene rings is 1. The molecule has 0 fully saturated rings. The summed E-state index contributed by atoms with van der Waals surface area (Å²) in [5.41, 5.74) is 5.97. The van der Waals surface area contributed by atoms with Gasteiger partial charge in [0.1, 0.15) is 11.5 Å². The molecule has 0 aliphatic rings. The van der Waals surface area contributed by atoms with E-state index in [9.17, 15) is 4.79 Å². The molecule has 4 nitrogen and oxygen atoms in total. The van der Waals surface area contributed by atoms with E-state index in [-0.39, 0.29) is 11.2 Å². The second-order valence-corrected chi connectivity index (χ2v) is 4.37. The molecule has 1 heterocycles. The largest absolute Gasteiger partial charge is 0.393 e. The van der Waals surface area contributed by atoms with Crippen molar-refractivity contribution < 1.29 is 0 Å². The van der Waals surface area contributed by atoms with Crippen molar-refractivity contribution in [1.82, 2.24) is 9.97 Å². The van der Waals surface area contributed by atoms with Gasteiger partial charge in [-0.3, -0.25) is 4.79 Å². The van der Waals surface area contributed by atoms with E-state index in [4.69, 9.17) is 28.9 Å². The van der Waals surface area contributed by atoms with Crippen LogP contribution in [-0.4, -0.2) is 9.97 Å². The van der Waals surface area contributed by atoms with E-state index in [1.54, 1.807) is 18.2 Å². The maximum atomic E-state index is 11.3. The topological polar surface area (TPSA) is 71.8 Å². The van der Waals surface area contributed by atoms with Gasteiger partial charge in [0.15, 0.2) is 0 Å². The molecule has 1 aromatic carbocycles. The van der Waals surface area contributed by atoms with Gasteiger partial charge in [0, 0.05) is 16.5 Å². The van der Waals surface area contributed by atoms with Gasteiger partial charge in [-0.2, -0.15) is 0 Å². The molecule has 1 aromatic heterocycles. The summed E-state index contributed by atoms with van der Waals surface area (Å²) in [6, 6.07) is 5.17. The third-order valence-electron chi connectivity index (χ3n) is 2.25. The zero-order chi connectivity index (χ0) is 12.4. The quantitative estimate of drug-likeness (QED) is 0.879. The SMILES string of the molecule is Nc1cnc(Cc2ccc(Cl)cc2Cl)[nH]c1=O. The lowest BCUT2D eigenvalue weighted by Crippen LogP contribution is -2.15. The van der Waals surface area contributed by atoms with Gasteiger partial charge in [0.2, 0.25) is 0 Å². The molecule has 0 atom stereocenters. The molecular formula is C11H9Cl2N3O. The van der Waals surface area contributed by atoms with Crippen LogP contribution >= 0.6 is 23.2 Å². The number of hydrogen-bond acceptors (Lipinski definition) is 3. The van der Waals surface area contributed by atoms with Gasteiger partial charge < -0.3 is 10.7 Å². The van der Waals surface area contributed by atoms with Crippen molar-refractivity contribution in [2.24, 2.45) is 0 Å². The number of nitrogen functional groups attached to an aromatic ring is 1. The number of rotatable bonds is 2. The van der Waals surface area contributed by atoms with Crippen molar-refractivity contribution in [3.05, 3.63) is 56.2 Å². The molecule has 6 heteroatoms. The van der Waals surface area contributed by atoms with E-state index in [1.807, 2.05) is 0 Å². The highest BCUT2D eigenvalue weighted by Crippen LogP contribution is 2.22. The van der Waals surface area contributed by atoms with Gasteiger partial charge in [0.05, 0.1) is 6.20 Å². The third-order valence-corrected chi connectivity index (χ3v) is 2.84. The number of halogens is 2. The first kappa shape index (κ1) is 12.0. The molecule has 0 bridgehead atoms. The minimum Gasteiger partial charge on any atom is -0.393 e. The van der Waals surface area contributed by atoms with Crippen molar-refractivity contribution in [3.63, 3.8) is 0 Å². The van der Waals surface area contributed by atoms with E-state index in [1.165, 1.54) is 6.20 Å². The second kappa shape index (κ2) is 4.77. The highest BCUT2D eigenvalue weighted by atomic mass is 35.5. The van der Waals surface area contributed by atoms with Crippen LogP contribution in [0.4, 0.5) is 5.69 Å². The molecule has 0 saturated heterocycles. The van der Waals surface area contributed by atoms with E-state index < -0.39 is 0 Å². The predicted octanol–water partition coefficient (Wildman–Crippen LogP) is 2.25. The summed E-state index contributed by atoms with van der Waals surface area (Å²) < 4.78 is 0. The molecule has 2 rings (SSSR count). The van der Waals surface area contributed by atoms with Crippen LogP contribution in [-0.2, 0) is 6.42 Å². The van der Waals surface area contributed by atoms with E-state index >= 15 is 0 Å². The van der Waals surface area contributed by atoms with E-state index in [0.717, 1.165) is 5.56 Å². The summed E-state index contributed by atoms with van der Waals surface area (Å²) in [6.07, 6.45) is 1.75. The summed E-state index contributed by atoms with van der Waals surface area (Å²) in [6.45, 7) is 0. The van der Waals surface area contributed by atoms with Crippen LogP contribution in [0.2, 0.25) is 10.0 Å². The fraction of sp³-hybridized carbons (Fsp3) is 0.0909. The Morgan fingerprint density at radius 2 is 2.12 bits per heavy atom. The van der Waals surface area contributed by atoms with E-state index in [0.29, 0.717) is 22.3 Å². The predicted molar refractivity (Wildman–Crippen MR) is 68.5 cm³/mol. The first-order chi connectivity index (χ1) is 8.06. The van der Waals surface area contributed by atoms with Gasteiger partial charge in [-0.05, 0) is 17.7 Å². The van der Waals surface area contributed by atoms with Gasteiger partial charge in [-0.25, -0.2) is 4.98 Å². The first-order valence-corrected chi connectivity index (χ1v) is 5.59. The lowest BCUT2D eigenvalue weighted by Gasteiger charge is -2.04. The number of nitrogens with one attached hydrogen (secondary N) is 1. The summed E-state index contributed by atoms with van der Waals surface area (Å²) >= 11 is 11.8. The molecule has 3 N–H and O–H groups in total. The molecule has 0 aliphatic carbocycles. The molecule has 0 saturated carbocycles. The Labute approximate surface area is 107 Å². The minimum absolute atomic E-state index is 0.0935. The minimum atomic E-state index is -0.347. The Balaban J connectivity index is 2.31. The molecular weight excluding hydrogens is 261 g/mol. The summed E-state index contributed by atoms with van der Waals surface area (Å²) in [7, 11) is 0. The molecule has 0 unspecified atom stereocenters. The van der Waals surface area contributed by atoms with Gasteiger partial charge in [0.25, 0.3) is 5.56 Å². The van der Waals surface area contributed by atoms with Crippen molar-refractivity contribution in [2.75, 3.05) is 5.73 Å². The Morgan fingerprint density at radius 1 is 1.35 bits per heavy atom. The standard InChI is InChI=1S/C11H9Cl2N3O/c12-7-2-1-6(8(13)4-7)3-10-15-5-9(14)11(17)16-10/h1-2,4-5H,3,14H2,(H,15,16,17). The lowest BCUT2D eigenvalue weighted by molar-refractivity contribution is 0.950. The number of aromatic nitrogens is 2. The van der Waals surface area contributed by atoms with E-state index in [2.05, 4.69) is 9.97 Å². The summed E-state index contributed by atoms with van der Waals surface area (Å²) in [4.78, 5) is 17.9. The fourth-order valence-corrected chi connectivity index (χ4v) is 1.85. The van der Waals surface area contributed by atoms with Crippen LogP contribution < -0.4 is 11.3 Å². The highest BCUT2D eigenvalue weighted by molar-refractivity contribution is 6.35. The Hall–Kier alpha value is -1.52. The fourth-order valence-electron chi connectivity index (χ4n) is 1.38. The maximum absolute atomic E-state index is 11.3. The number of H-pyrrole nitrogens is 1. The van der Waals surface area contributed by atoms with Crippen LogP contribution in [0, 0.1) is 0 Å². The van der Waals surface area contributed by atoms with Crippen molar-refractivity contribution >= 4 is 28.9 Å². The zero-order valence-corrected chi connectivity index (χ0v) is 10.2. The number of aromatic amines is 1. The molecule has 0 amide bonds. The van der Waals surface area contributed by atoms with Crippen molar-refractivity contribution in [2.45, 2.75) is 6.42 Å². The Morgan fingerprint density at radius 3 is 2.76 bits per heavy atom. The summed E-state index contributed by atoms with van der Waals surface area (Å²) in [5, 5.41) is 1.11. The van der Waals surface area contributed by atoms with Gasteiger partial charge >= 0.3 is 0 Å².